The molecule has 0 aliphatic carbocycles. The topological polar surface area (TPSA) is 67.4 Å². The first-order valence-corrected chi connectivity index (χ1v) is 7.01. The molecule has 0 spiro atoms. The molecular formula is C16H24N2O3. The van der Waals surface area contributed by atoms with E-state index >= 15 is 0 Å². The Kier molecular flexibility index (Phi) is 6.21. The molecule has 0 unspecified atom stereocenters. The monoisotopic (exact) mass is 292 g/mol. The van der Waals surface area contributed by atoms with E-state index in [1.54, 1.807) is 7.11 Å². The van der Waals surface area contributed by atoms with E-state index in [1.165, 1.54) is 0 Å². The molecule has 2 amide bonds. The summed E-state index contributed by atoms with van der Waals surface area (Å²) in [4.78, 5) is 23.3. The quantitative estimate of drug-likeness (QED) is 0.841. The number of hydrogen-bond donors (Lipinski definition) is 2. The molecule has 1 aromatic rings. The third-order valence-electron chi connectivity index (χ3n) is 2.97. The van der Waals surface area contributed by atoms with Crippen LogP contribution in [0.4, 0.5) is 0 Å². The van der Waals surface area contributed by atoms with Crippen molar-refractivity contribution in [1.29, 1.82) is 0 Å². The normalized spacial score (nSPS) is 10.9. The lowest BCUT2D eigenvalue weighted by atomic mass is 9.96. The van der Waals surface area contributed by atoms with Gasteiger partial charge in [-0.05, 0) is 17.7 Å². The van der Waals surface area contributed by atoms with Gasteiger partial charge in [-0.1, -0.05) is 32.9 Å². The van der Waals surface area contributed by atoms with Gasteiger partial charge in [-0.3, -0.25) is 9.59 Å². The molecule has 0 aliphatic heterocycles. The highest BCUT2D eigenvalue weighted by Crippen LogP contribution is 2.12. The maximum atomic E-state index is 11.7. The fraction of sp³-hybridized carbons (Fsp3) is 0.500. The molecule has 116 valence electrons. The fourth-order valence-corrected chi connectivity index (χ4v) is 1.59. The van der Waals surface area contributed by atoms with Gasteiger partial charge in [-0.15, -0.1) is 0 Å². The Labute approximate surface area is 126 Å². The Balaban J connectivity index is 2.26. The lowest BCUT2D eigenvalue weighted by Gasteiger charge is -2.17. The number of amides is 2. The summed E-state index contributed by atoms with van der Waals surface area (Å²) >= 11 is 0. The van der Waals surface area contributed by atoms with Gasteiger partial charge in [-0.25, -0.2) is 0 Å². The second-order valence-electron chi connectivity index (χ2n) is 5.88. The molecule has 5 nitrogen and oxygen atoms in total. The molecule has 0 aromatic heterocycles. The van der Waals surface area contributed by atoms with Gasteiger partial charge in [0.15, 0.2) is 0 Å². The Bertz CT molecular complexity index is 475. The van der Waals surface area contributed by atoms with Crippen LogP contribution >= 0.6 is 0 Å². The highest BCUT2D eigenvalue weighted by molar-refractivity contribution is 5.82. The molecule has 0 atom stereocenters. The van der Waals surface area contributed by atoms with E-state index in [-0.39, 0.29) is 18.2 Å². The van der Waals surface area contributed by atoms with E-state index in [1.807, 2.05) is 45.0 Å². The zero-order valence-electron chi connectivity index (χ0n) is 13.2. The minimum atomic E-state index is -0.431. The fourth-order valence-electron chi connectivity index (χ4n) is 1.59. The first-order valence-electron chi connectivity index (χ1n) is 7.01. The Morgan fingerprint density at radius 3 is 2.24 bits per heavy atom. The Morgan fingerprint density at radius 2 is 1.71 bits per heavy atom. The highest BCUT2D eigenvalue weighted by Gasteiger charge is 2.20. The van der Waals surface area contributed by atoms with E-state index < -0.39 is 5.41 Å². The summed E-state index contributed by atoms with van der Waals surface area (Å²) in [6, 6.07) is 7.51. The van der Waals surface area contributed by atoms with E-state index in [0.29, 0.717) is 13.1 Å². The van der Waals surface area contributed by atoms with Crippen molar-refractivity contribution in [2.45, 2.75) is 33.7 Å². The van der Waals surface area contributed by atoms with Crippen LogP contribution in [0.3, 0.4) is 0 Å². The van der Waals surface area contributed by atoms with Crippen molar-refractivity contribution in [2.75, 3.05) is 13.7 Å². The minimum absolute atomic E-state index is 0.0505. The van der Waals surface area contributed by atoms with Crippen LogP contribution in [0.2, 0.25) is 0 Å². The number of methoxy groups -OCH3 is 1. The molecular weight excluding hydrogens is 268 g/mol. The van der Waals surface area contributed by atoms with E-state index in [0.717, 1.165) is 11.3 Å². The zero-order chi connectivity index (χ0) is 15.9. The number of rotatable bonds is 6. The van der Waals surface area contributed by atoms with Gasteiger partial charge in [0, 0.05) is 24.9 Å². The largest absolute Gasteiger partial charge is 0.497 e. The van der Waals surface area contributed by atoms with Gasteiger partial charge in [0.1, 0.15) is 5.75 Å². The third-order valence-corrected chi connectivity index (χ3v) is 2.97. The van der Waals surface area contributed by atoms with Crippen LogP contribution in [0.5, 0.6) is 5.75 Å². The van der Waals surface area contributed by atoms with Crippen molar-refractivity contribution in [2.24, 2.45) is 5.41 Å². The van der Waals surface area contributed by atoms with Crippen LogP contribution < -0.4 is 15.4 Å². The molecule has 1 rings (SSSR count). The maximum Gasteiger partial charge on any atom is 0.225 e. The van der Waals surface area contributed by atoms with Crippen molar-refractivity contribution in [1.82, 2.24) is 10.6 Å². The van der Waals surface area contributed by atoms with Crippen LogP contribution in [-0.4, -0.2) is 25.5 Å². The molecule has 2 N–H and O–H groups in total. The van der Waals surface area contributed by atoms with Gasteiger partial charge >= 0.3 is 0 Å². The average molecular weight is 292 g/mol. The molecule has 21 heavy (non-hydrogen) atoms. The second kappa shape index (κ2) is 7.67. The van der Waals surface area contributed by atoms with Crippen LogP contribution in [0.25, 0.3) is 0 Å². The maximum absolute atomic E-state index is 11.7. The van der Waals surface area contributed by atoms with Crippen LogP contribution in [0, 0.1) is 5.41 Å². The van der Waals surface area contributed by atoms with Gasteiger partial charge in [0.25, 0.3) is 0 Å². The number of carbonyl (C=O) groups is 2. The van der Waals surface area contributed by atoms with Crippen molar-refractivity contribution < 1.29 is 14.3 Å². The van der Waals surface area contributed by atoms with Crippen LogP contribution in [-0.2, 0) is 16.1 Å². The summed E-state index contributed by atoms with van der Waals surface area (Å²) in [5.41, 5.74) is 0.572. The predicted molar refractivity (Wildman–Crippen MR) is 81.9 cm³/mol. The van der Waals surface area contributed by atoms with Crippen LogP contribution in [0.15, 0.2) is 24.3 Å². The number of ether oxygens (including phenoxy) is 1. The summed E-state index contributed by atoms with van der Waals surface area (Å²) in [5, 5.41) is 5.57. The molecule has 0 saturated heterocycles. The summed E-state index contributed by atoms with van der Waals surface area (Å²) in [6.07, 6.45) is 0.276. The highest BCUT2D eigenvalue weighted by atomic mass is 16.5. The molecule has 0 radical (unpaired) electrons. The molecule has 0 heterocycles. The van der Waals surface area contributed by atoms with E-state index in [2.05, 4.69) is 10.6 Å². The Morgan fingerprint density at radius 1 is 1.10 bits per heavy atom. The van der Waals surface area contributed by atoms with Gasteiger partial charge in [0.2, 0.25) is 11.8 Å². The lowest BCUT2D eigenvalue weighted by molar-refractivity contribution is -0.128. The minimum Gasteiger partial charge on any atom is -0.497 e. The predicted octanol–water partition coefficient (Wildman–Crippen LogP) is 1.86. The zero-order valence-corrected chi connectivity index (χ0v) is 13.2. The third kappa shape index (κ3) is 6.29. The molecule has 0 aliphatic rings. The number of nitrogens with one attached hydrogen (secondary N) is 2. The van der Waals surface area contributed by atoms with Crippen LogP contribution in [0.1, 0.15) is 32.8 Å². The first kappa shape index (κ1) is 17.0. The average Bonchev–Trinajstić information content (AvgIpc) is 2.44. The summed E-state index contributed by atoms with van der Waals surface area (Å²) in [6.45, 7) is 6.34. The van der Waals surface area contributed by atoms with E-state index in [9.17, 15) is 9.59 Å². The number of benzene rings is 1. The smallest absolute Gasteiger partial charge is 0.225 e. The van der Waals surface area contributed by atoms with Crippen molar-refractivity contribution in [3.05, 3.63) is 29.8 Å². The van der Waals surface area contributed by atoms with Gasteiger partial charge < -0.3 is 15.4 Å². The Hall–Kier alpha value is -2.04. The SMILES string of the molecule is COc1ccc(CNC(=O)CCNC(=O)C(C)(C)C)cc1. The van der Waals surface area contributed by atoms with Crippen molar-refractivity contribution >= 4 is 11.8 Å². The molecule has 0 bridgehead atoms. The first-order chi connectivity index (χ1) is 9.82. The number of hydrogen-bond acceptors (Lipinski definition) is 3. The summed E-state index contributed by atoms with van der Waals surface area (Å²) in [5.74, 6) is 0.653. The standard InChI is InChI=1S/C16H24N2O3/c1-16(2,3)15(20)17-10-9-14(19)18-11-12-5-7-13(21-4)8-6-12/h5-8H,9-11H2,1-4H3,(H,17,20)(H,18,19). The summed E-state index contributed by atoms with van der Waals surface area (Å²) < 4.78 is 5.07. The van der Waals surface area contributed by atoms with Crippen molar-refractivity contribution in [3.8, 4) is 5.75 Å². The molecule has 1 aromatic carbocycles. The molecule has 5 heteroatoms. The van der Waals surface area contributed by atoms with Gasteiger partial charge in [0.05, 0.1) is 7.11 Å². The molecule has 0 fully saturated rings. The second-order valence-corrected chi connectivity index (χ2v) is 5.88. The van der Waals surface area contributed by atoms with Crippen molar-refractivity contribution in [3.63, 3.8) is 0 Å². The molecule has 0 saturated carbocycles. The summed E-state index contributed by atoms with van der Waals surface area (Å²) in [7, 11) is 1.61. The lowest BCUT2D eigenvalue weighted by Crippen LogP contribution is -2.37. The van der Waals surface area contributed by atoms with Gasteiger partial charge in [-0.2, -0.15) is 0 Å². The number of carbonyl (C=O) groups excluding carboxylic acids is 2. The van der Waals surface area contributed by atoms with E-state index in [4.69, 9.17) is 4.74 Å².